The molecule has 0 aliphatic rings. The van der Waals surface area contributed by atoms with Crippen molar-refractivity contribution >= 4 is 87.0 Å². The van der Waals surface area contributed by atoms with E-state index >= 15 is 0 Å². The zero-order valence-corrected chi connectivity index (χ0v) is 32.1. The van der Waals surface area contributed by atoms with E-state index in [1.54, 1.807) is 0 Å². The van der Waals surface area contributed by atoms with Gasteiger partial charge < -0.3 is 8.83 Å². The number of rotatable bonds is 4. The minimum absolute atomic E-state index is 0.554. The van der Waals surface area contributed by atoms with Gasteiger partial charge in [0.1, 0.15) is 22.3 Å². The van der Waals surface area contributed by atoms with Crippen molar-refractivity contribution in [1.29, 1.82) is 0 Å². The Morgan fingerprint density at radius 1 is 0.283 bits per heavy atom. The Bertz CT molecular complexity index is 3910. The van der Waals surface area contributed by atoms with Crippen molar-refractivity contribution in [3.05, 3.63) is 188 Å². The summed E-state index contributed by atoms with van der Waals surface area (Å²) < 4.78 is 12.9. The SMILES string of the molecule is c1ccc2c(c1)ccc1ccc(-c3nc(-c4ccc5cc(-c6cccc7oc8ccccc8c67)ccc5c4)nc(-c4cc5ccccc5c5c4oc4ccccc45)n3)cc12. The number of hydrogen-bond acceptors (Lipinski definition) is 5. The Labute approximate surface area is 342 Å². The number of para-hydroxylation sites is 2. The molecule has 0 saturated carbocycles. The first-order valence-electron chi connectivity index (χ1n) is 20.2. The Morgan fingerprint density at radius 3 is 1.60 bits per heavy atom. The summed E-state index contributed by atoms with van der Waals surface area (Å²) in [6.07, 6.45) is 0. The van der Waals surface area contributed by atoms with E-state index < -0.39 is 0 Å². The molecule has 0 unspecified atom stereocenters. The summed E-state index contributed by atoms with van der Waals surface area (Å²) in [5.41, 5.74) is 8.27. The van der Waals surface area contributed by atoms with E-state index in [0.717, 1.165) is 104 Å². The van der Waals surface area contributed by atoms with Gasteiger partial charge in [-0.25, -0.2) is 15.0 Å². The van der Waals surface area contributed by atoms with E-state index in [1.807, 2.05) is 30.3 Å². The molecular formula is C55H31N3O2. The summed E-state index contributed by atoms with van der Waals surface area (Å²) in [6, 6.07) is 65.8. The third-order valence-electron chi connectivity index (χ3n) is 12.1. The molecule has 0 amide bonds. The summed E-state index contributed by atoms with van der Waals surface area (Å²) in [5.74, 6) is 1.74. The van der Waals surface area contributed by atoms with Crippen LogP contribution in [0.15, 0.2) is 197 Å². The van der Waals surface area contributed by atoms with Crippen LogP contribution in [0.3, 0.4) is 0 Å². The molecule has 60 heavy (non-hydrogen) atoms. The second kappa shape index (κ2) is 12.7. The van der Waals surface area contributed by atoms with Crippen LogP contribution >= 0.6 is 0 Å². The smallest absolute Gasteiger partial charge is 0.167 e. The van der Waals surface area contributed by atoms with Crippen molar-refractivity contribution in [3.8, 4) is 45.3 Å². The predicted octanol–water partition coefficient (Wildman–Crippen LogP) is 15.0. The quantitative estimate of drug-likeness (QED) is 0.167. The maximum atomic E-state index is 6.69. The Morgan fingerprint density at radius 2 is 0.817 bits per heavy atom. The maximum absolute atomic E-state index is 6.69. The molecule has 0 aliphatic carbocycles. The fourth-order valence-electron chi connectivity index (χ4n) is 9.20. The summed E-state index contributed by atoms with van der Waals surface area (Å²) in [5, 5.41) is 13.5. The van der Waals surface area contributed by atoms with Gasteiger partial charge in [-0.05, 0) is 96.7 Å². The number of nitrogens with zero attached hydrogens (tertiary/aromatic N) is 3. The average Bonchev–Trinajstić information content (AvgIpc) is 3.90. The molecule has 0 saturated heterocycles. The Hall–Kier alpha value is -8.15. The molecule has 0 atom stereocenters. The van der Waals surface area contributed by atoms with E-state index in [4.69, 9.17) is 23.8 Å². The molecule has 13 aromatic rings. The molecule has 0 radical (unpaired) electrons. The van der Waals surface area contributed by atoms with Gasteiger partial charge in [0, 0.05) is 32.7 Å². The van der Waals surface area contributed by atoms with Crippen molar-refractivity contribution in [2.75, 3.05) is 0 Å². The van der Waals surface area contributed by atoms with Gasteiger partial charge in [0.2, 0.25) is 0 Å². The zero-order valence-electron chi connectivity index (χ0n) is 32.1. The van der Waals surface area contributed by atoms with Gasteiger partial charge in [-0.15, -0.1) is 0 Å². The van der Waals surface area contributed by atoms with Crippen molar-refractivity contribution in [3.63, 3.8) is 0 Å². The monoisotopic (exact) mass is 765 g/mol. The number of aromatic nitrogens is 3. The Balaban J connectivity index is 1.02. The largest absolute Gasteiger partial charge is 0.456 e. The molecule has 5 nitrogen and oxygen atoms in total. The van der Waals surface area contributed by atoms with Gasteiger partial charge in [0.15, 0.2) is 17.5 Å². The van der Waals surface area contributed by atoms with Crippen LogP contribution in [0.2, 0.25) is 0 Å². The normalized spacial score (nSPS) is 12.0. The summed E-state index contributed by atoms with van der Waals surface area (Å²) >= 11 is 0. The van der Waals surface area contributed by atoms with E-state index in [1.165, 1.54) is 10.8 Å². The summed E-state index contributed by atoms with van der Waals surface area (Å²) in [4.78, 5) is 15.8. The van der Waals surface area contributed by atoms with Crippen LogP contribution in [0.5, 0.6) is 0 Å². The maximum Gasteiger partial charge on any atom is 0.167 e. The molecule has 0 spiro atoms. The van der Waals surface area contributed by atoms with E-state index in [9.17, 15) is 0 Å². The molecule has 3 aromatic heterocycles. The van der Waals surface area contributed by atoms with Crippen molar-refractivity contribution < 1.29 is 8.83 Å². The first-order chi connectivity index (χ1) is 29.7. The van der Waals surface area contributed by atoms with Crippen LogP contribution in [0.4, 0.5) is 0 Å². The van der Waals surface area contributed by atoms with Crippen LogP contribution in [0.25, 0.3) is 132 Å². The van der Waals surface area contributed by atoms with Crippen LogP contribution in [0.1, 0.15) is 0 Å². The third kappa shape index (κ3) is 5.03. The molecule has 3 heterocycles. The minimum Gasteiger partial charge on any atom is -0.456 e. The zero-order chi connectivity index (χ0) is 39.3. The van der Waals surface area contributed by atoms with Gasteiger partial charge in [-0.2, -0.15) is 0 Å². The molecule has 5 heteroatoms. The highest BCUT2D eigenvalue weighted by Crippen LogP contribution is 2.42. The number of furan rings is 2. The molecule has 278 valence electrons. The number of fused-ring (bicyclic) bond motifs is 12. The lowest BCUT2D eigenvalue weighted by atomic mass is 9.96. The van der Waals surface area contributed by atoms with Crippen molar-refractivity contribution in [2.24, 2.45) is 0 Å². The Kier molecular flexibility index (Phi) is 6.95. The first-order valence-corrected chi connectivity index (χ1v) is 20.2. The molecule has 0 bridgehead atoms. The molecule has 10 aromatic carbocycles. The third-order valence-corrected chi connectivity index (χ3v) is 12.1. The number of benzene rings is 10. The highest BCUT2D eigenvalue weighted by Gasteiger charge is 2.21. The molecular weight excluding hydrogens is 735 g/mol. The van der Waals surface area contributed by atoms with Crippen LogP contribution < -0.4 is 0 Å². The molecule has 0 N–H and O–H groups in total. The fourth-order valence-corrected chi connectivity index (χ4v) is 9.20. The lowest BCUT2D eigenvalue weighted by Gasteiger charge is -2.12. The van der Waals surface area contributed by atoms with Crippen molar-refractivity contribution in [1.82, 2.24) is 15.0 Å². The molecule has 0 fully saturated rings. The second-order valence-electron chi connectivity index (χ2n) is 15.5. The minimum atomic E-state index is 0.554. The average molecular weight is 766 g/mol. The van der Waals surface area contributed by atoms with Gasteiger partial charge in [-0.3, -0.25) is 0 Å². The highest BCUT2D eigenvalue weighted by atomic mass is 16.3. The summed E-state index contributed by atoms with van der Waals surface area (Å²) in [7, 11) is 0. The molecule has 13 rings (SSSR count). The fraction of sp³-hybridized carbons (Fsp3) is 0. The second-order valence-corrected chi connectivity index (χ2v) is 15.5. The van der Waals surface area contributed by atoms with E-state index in [-0.39, 0.29) is 0 Å². The standard InChI is InChI=1S/C55H31N3O2/c1-3-12-40-32(10-1)20-21-33-22-26-39(31-45(33)40)54-56-53(57-55(58-54)46-30-36-11-2-4-13-42(36)51-44-15-6-8-18-48(44)60-52(46)51)38-27-24-34-28-37(25-23-35(34)29-38)41-16-9-19-49-50(41)43-14-5-7-17-47(43)59-49/h1-31H. The van der Waals surface area contributed by atoms with Gasteiger partial charge >= 0.3 is 0 Å². The predicted molar refractivity (Wildman–Crippen MR) is 246 cm³/mol. The first kappa shape index (κ1) is 32.9. The van der Waals surface area contributed by atoms with Crippen LogP contribution in [-0.2, 0) is 0 Å². The number of hydrogen-bond donors (Lipinski definition) is 0. The van der Waals surface area contributed by atoms with E-state index in [2.05, 4.69) is 158 Å². The highest BCUT2D eigenvalue weighted by molar-refractivity contribution is 6.22. The topological polar surface area (TPSA) is 65.0 Å². The van der Waals surface area contributed by atoms with Gasteiger partial charge in [-0.1, -0.05) is 146 Å². The lowest BCUT2D eigenvalue weighted by molar-refractivity contribution is 0.669. The van der Waals surface area contributed by atoms with Crippen LogP contribution in [-0.4, -0.2) is 15.0 Å². The van der Waals surface area contributed by atoms with Gasteiger partial charge in [0.25, 0.3) is 0 Å². The molecule has 0 aliphatic heterocycles. The van der Waals surface area contributed by atoms with E-state index in [0.29, 0.717) is 17.5 Å². The summed E-state index contributed by atoms with van der Waals surface area (Å²) in [6.45, 7) is 0. The van der Waals surface area contributed by atoms with Crippen LogP contribution in [0, 0.1) is 0 Å². The lowest BCUT2D eigenvalue weighted by Crippen LogP contribution is -2.00. The van der Waals surface area contributed by atoms with Gasteiger partial charge in [0.05, 0.1) is 5.56 Å². The van der Waals surface area contributed by atoms with Crippen molar-refractivity contribution in [2.45, 2.75) is 0 Å².